The van der Waals surface area contributed by atoms with Gasteiger partial charge in [0.2, 0.25) is 0 Å². The molecule has 2 atom stereocenters. The van der Waals surface area contributed by atoms with Crippen LogP contribution < -0.4 is 5.32 Å². The SMILES string of the molecule is CC(C)C(CO)NC1c2ccccc2CCC1(C)C. The van der Waals surface area contributed by atoms with Crippen LogP contribution in [0.25, 0.3) is 0 Å². The van der Waals surface area contributed by atoms with E-state index >= 15 is 0 Å². The molecule has 106 valence electrons. The van der Waals surface area contributed by atoms with Crippen molar-refractivity contribution in [2.45, 2.75) is 52.6 Å². The molecule has 1 aliphatic rings. The summed E-state index contributed by atoms with van der Waals surface area (Å²) in [6.45, 7) is 9.18. The molecule has 0 radical (unpaired) electrons. The fourth-order valence-corrected chi connectivity index (χ4v) is 3.05. The Kier molecular flexibility index (Phi) is 4.32. The molecule has 1 aromatic rings. The number of fused-ring (bicyclic) bond motifs is 1. The van der Waals surface area contributed by atoms with Crippen LogP contribution in [0, 0.1) is 11.3 Å². The number of hydrogen-bond acceptors (Lipinski definition) is 2. The first-order chi connectivity index (χ1) is 8.95. The third-order valence-corrected chi connectivity index (χ3v) is 4.57. The predicted octanol–water partition coefficient (Wildman–Crippen LogP) is 3.31. The van der Waals surface area contributed by atoms with Crippen LogP contribution in [0.15, 0.2) is 24.3 Å². The van der Waals surface area contributed by atoms with Crippen LogP contribution in [0.4, 0.5) is 0 Å². The fraction of sp³-hybridized carbons (Fsp3) is 0.647. The van der Waals surface area contributed by atoms with Gasteiger partial charge in [-0.1, -0.05) is 52.0 Å². The van der Waals surface area contributed by atoms with Crippen molar-refractivity contribution in [2.24, 2.45) is 11.3 Å². The highest BCUT2D eigenvalue weighted by Crippen LogP contribution is 2.43. The van der Waals surface area contributed by atoms with Crippen molar-refractivity contribution in [3.63, 3.8) is 0 Å². The van der Waals surface area contributed by atoms with Gasteiger partial charge in [-0.15, -0.1) is 0 Å². The zero-order valence-electron chi connectivity index (χ0n) is 12.6. The molecule has 2 N–H and O–H groups in total. The Morgan fingerprint density at radius 3 is 2.63 bits per heavy atom. The third-order valence-electron chi connectivity index (χ3n) is 4.57. The summed E-state index contributed by atoms with van der Waals surface area (Å²) in [6.07, 6.45) is 2.35. The number of aliphatic hydroxyl groups is 1. The van der Waals surface area contributed by atoms with Gasteiger partial charge in [-0.2, -0.15) is 0 Å². The van der Waals surface area contributed by atoms with Crippen molar-refractivity contribution < 1.29 is 5.11 Å². The van der Waals surface area contributed by atoms with Crippen LogP contribution in [0.3, 0.4) is 0 Å². The monoisotopic (exact) mass is 261 g/mol. The average molecular weight is 261 g/mol. The fourth-order valence-electron chi connectivity index (χ4n) is 3.05. The molecule has 2 unspecified atom stereocenters. The van der Waals surface area contributed by atoms with Gasteiger partial charge in [-0.3, -0.25) is 0 Å². The highest BCUT2D eigenvalue weighted by molar-refractivity contribution is 5.34. The lowest BCUT2D eigenvalue weighted by Gasteiger charge is -2.43. The summed E-state index contributed by atoms with van der Waals surface area (Å²) in [5, 5.41) is 13.3. The summed E-state index contributed by atoms with van der Waals surface area (Å²) >= 11 is 0. The zero-order chi connectivity index (χ0) is 14.0. The normalized spacial score (nSPS) is 23.2. The molecule has 2 rings (SSSR count). The molecule has 1 aliphatic carbocycles. The van der Waals surface area contributed by atoms with Gasteiger partial charge < -0.3 is 10.4 Å². The van der Waals surface area contributed by atoms with Crippen molar-refractivity contribution in [2.75, 3.05) is 6.61 Å². The molecule has 2 nitrogen and oxygen atoms in total. The molecule has 0 fully saturated rings. The minimum atomic E-state index is 0.162. The van der Waals surface area contributed by atoms with Gasteiger partial charge in [0.25, 0.3) is 0 Å². The largest absolute Gasteiger partial charge is 0.395 e. The summed E-state index contributed by atoms with van der Waals surface area (Å²) in [5.41, 5.74) is 3.11. The molecule has 0 aliphatic heterocycles. The Bertz CT molecular complexity index is 425. The summed E-state index contributed by atoms with van der Waals surface area (Å²) in [5.74, 6) is 0.440. The molecule has 0 aromatic heterocycles. The van der Waals surface area contributed by atoms with E-state index in [1.54, 1.807) is 0 Å². The first kappa shape index (κ1) is 14.5. The number of aryl methyl sites for hydroxylation is 1. The Morgan fingerprint density at radius 1 is 1.32 bits per heavy atom. The Hall–Kier alpha value is -0.860. The molecule has 0 heterocycles. The smallest absolute Gasteiger partial charge is 0.0587 e. The van der Waals surface area contributed by atoms with E-state index < -0.39 is 0 Å². The second-order valence-corrected chi connectivity index (χ2v) is 6.82. The van der Waals surface area contributed by atoms with Crippen LogP contribution in [0.2, 0.25) is 0 Å². The Labute approximate surface area is 117 Å². The van der Waals surface area contributed by atoms with Crippen LogP contribution in [-0.2, 0) is 6.42 Å². The Morgan fingerprint density at radius 2 is 2.00 bits per heavy atom. The summed E-state index contributed by atoms with van der Waals surface area (Å²) in [4.78, 5) is 0. The van der Waals surface area contributed by atoms with E-state index in [1.807, 2.05) is 0 Å². The van der Waals surface area contributed by atoms with E-state index in [2.05, 4.69) is 57.3 Å². The van der Waals surface area contributed by atoms with Crippen molar-refractivity contribution in [3.05, 3.63) is 35.4 Å². The number of aliphatic hydroxyl groups excluding tert-OH is 1. The second kappa shape index (κ2) is 5.64. The van der Waals surface area contributed by atoms with Gasteiger partial charge in [0.1, 0.15) is 0 Å². The lowest BCUT2D eigenvalue weighted by atomic mass is 9.70. The van der Waals surface area contributed by atoms with E-state index in [9.17, 15) is 5.11 Å². The quantitative estimate of drug-likeness (QED) is 0.871. The second-order valence-electron chi connectivity index (χ2n) is 6.82. The molecular formula is C17H27NO. The minimum absolute atomic E-state index is 0.162. The van der Waals surface area contributed by atoms with Crippen LogP contribution >= 0.6 is 0 Å². The molecular weight excluding hydrogens is 234 g/mol. The maximum atomic E-state index is 9.58. The maximum absolute atomic E-state index is 9.58. The first-order valence-electron chi connectivity index (χ1n) is 7.40. The van der Waals surface area contributed by atoms with Gasteiger partial charge in [-0.05, 0) is 35.3 Å². The van der Waals surface area contributed by atoms with Gasteiger partial charge in [0.15, 0.2) is 0 Å². The van der Waals surface area contributed by atoms with E-state index in [-0.39, 0.29) is 18.1 Å². The van der Waals surface area contributed by atoms with Gasteiger partial charge in [0.05, 0.1) is 6.61 Å². The third kappa shape index (κ3) is 3.01. The average Bonchev–Trinajstić information content (AvgIpc) is 2.37. The molecule has 0 spiro atoms. The highest BCUT2D eigenvalue weighted by Gasteiger charge is 2.36. The zero-order valence-corrected chi connectivity index (χ0v) is 12.6. The predicted molar refractivity (Wildman–Crippen MR) is 80.1 cm³/mol. The van der Waals surface area contributed by atoms with Crippen LogP contribution in [-0.4, -0.2) is 17.8 Å². The van der Waals surface area contributed by atoms with Gasteiger partial charge in [-0.25, -0.2) is 0 Å². The van der Waals surface area contributed by atoms with Crippen molar-refractivity contribution in [1.29, 1.82) is 0 Å². The van der Waals surface area contributed by atoms with Crippen molar-refractivity contribution in [3.8, 4) is 0 Å². The molecule has 0 bridgehead atoms. The van der Waals surface area contributed by atoms with E-state index in [0.29, 0.717) is 12.0 Å². The molecule has 1 aromatic carbocycles. The molecule has 0 saturated carbocycles. The van der Waals surface area contributed by atoms with Crippen LogP contribution in [0.1, 0.15) is 51.3 Å². The minimum Gasteiger partial charge on any atom is -0.395 e. The van der Waals surface area contributed by atoms with E-state index in [0.717, 1.165) is 6.42 Å². The number of benzene rings is 1. The van der Waals surface area contributed by atoms with Crippen molar-refractivity contribution >= 4 is 0 Å². The molecule has 0 amide bonds. The Balaban J connectivity index is 2.30. The summed E-state index contributed by atoms with van der Waals surface area (Å²) < 4.78 is 0. The molecule has 2 heteroatoms. The number of nitrogens with one attached hydrogen (secondary N) is 1. The molecule has 0 saturated heterocycles. The molecule has 19 heavy (non-hydrogen) atoms. The van der Waals surface area contributed by atoms with Crippen molar-refractivity contribution in [1.82, 2.24) is 5.32 Å². The topological polar surface area (TPSA) is 32.3 Å². The lowest BCUT2D eigenvalue weighted by molar-refractivity contribution is 0.142. The number of hydrogen-bond donors (Lipinski definition) is 2. The lowest BCUT2D eigenvalue weighted by Crippen LogP contribution is -2.46. The number of rotatable bonds is 4. The summed E-state index contributed by atoms with van der Waals surface area (Å²) in [6, 6.07) is 9.22. The van der Waals surface area contributed by atoms with E-state index in [1.165, 1.54) is 17.5 Å². The maximum Gasteiger partial charge on any atom is 0.0587 e. The standard InChI is InChI=1S/C17H27NO/c1-12(2)15(11-19)18-16-14-8-6-5-7-13(14)9-10-17(16,3)4/h5-8,12,15-16,18-19H,9-11H2,1-4H3. The van der Waals surface area contributed by atoms with Gasteiger partial charge in [0, 0.05) is 12.1 Å². The van der Waals surface area contributed by atoms with Gasteiger partial charge >= 0.3 is 0 Å². The van der Waals surface area contributed by atoms with E-state index in [4.69, 9.17) is 0 Å². The van der Waals surface area contributed by atoms with Crippen LogP contribution in [0.5, 0.6) is 0 Å². The first-order valence-corrected chi connectivity index (χ1v) is 7.40. The highest BCUT2D eigenvalue weighted by atomic mass is 16.3. The summed E-state index contributed by atoms with van der Waals surface area (Å²) in [7, 11) is 0.